The molecule has 18 heavy (non-hydrogen) atoms. The van der Waals surface area contributed by atoms with Crippen molar-refractivity contribution in [1.29, 1.82) is 0 Å². The first-order valence-corrected chi connectivity index (χ1v) is 7.09. The summed E-state index contributed by atoms with van der Waals surface area (Å²) in [6, 6.07) is 5.71. The molecule has 0 spiro atoms. The fourth-order valence-electron chi connectivity index (χ4n) is 1.82. The lowest BCUT2D eigenvalue weighted by Gasteiger charge is -2.18. The number of aryl methyl sites for hydroxylation is 1. The summed E-state index contributed by atoms with van der Waals surface area (Å²) < 4.78 is 3.64. The van der Waals surface area contributed by atoms with Crippen LogP contribution in [0.2, 0.25) is 5.02 Å². The number of rotatable bonds is 3. The number of hydrogen-bond acceptors (Lipinski definition) is 3. The Bertz CT molecular complexity index is 530. The van der Waals surface area contributed by atoms with Crippen molar-refractivity contribution in [2.24, 2.45) is 12.9 Å². The van der Waals surface area contributed by atoms with Gasteiger partial charge in [-0.1, -0.05) is 43.5 Å². The maximum atomic E-state index is 6.15. The minimum Gasteiger partial charge on any atom is -0.271 e. The average Bonchev–Trinajstić information content (AvgIpc) is 2.61. The van der Waals surface area contributed by atoms with Crippen LogP contribution in [0.4, 0.5) is 0 Å². The molecular weight excluding hydrogens is 383 g/mol. The zero-order valence-electron chi connectivity index (χ0n) is 9.49. The monoisotopic (exact) mass is 392 g/mol. The maximum Gasteiger partial charge on any atom is 0.0894 e. The third-order valence-electron chi connectivity index (χ3n) is 2.60. The molecule has 7 heteroatoms. The predicted molar refractivity (Wildman–Crippen MR) is 79.2 cm³/mol. The molecule has 2 rings (SSSR count). The van der Waals surface area contributed by atoms with Crippen molar-refractivity contribution in [2.75, 3.05) is 0 Å². The van der Waals surface area contributed by atoms with Gasteiger partial charge in [0.25, 0.3) is 0 Å². The van der Waals surface area contributed by atoms with Crippen LogP contribution in [-0.2, 0) is 7.05 Å². The fraction of sp³-hybridized carbons (Fsp3) is 0.182. The Morgan fingerprint density at radius 3 is 2.39 bits per heavy atom. The summed E-state index contributed by atoms with van der Waals surface area (Å²) in [5, 5.41) is 4.70. The highest BCUT2D eigenvalue weighted by Gasteiger charge is 2.20. The molecule has 0 radical (unpaired) electrons. The molecule has 1 heterocycles. The second-order valence-electron chi connectivity index (χ2n) is 3.80. The maximum absolute atomic E-state index is 6.15. The molecule has 0 fully saturated rings. The number of nitrogens with one attached hydrogen (secondary N) is 1. The van der Waals surface area contributed by atoms with E-state index in [2.05, 4.69) is 42.4 Å². The van der Waals surface area contributed by atoms with Crippen molar-refractivity contribution in [1.82, 2.24) is 15.2 Å². The third-order valence-corrected chi connectivity index (χ3v) is 3.80. The van der Waals surface area contributed by atoms with Gasteiger partial charge in [0.1, 0.15) is 0 Å². The lowest BCUT2D eigenvalue weighted by atomic mass is 10.0. The smallest absolute Gasteiger partial charge is 0.0894 e. The summed E-state index contributed by atoms with van der Waals surface area (Å²) in [6.07, 6.45) is 1.61. The van der Waals surface area contributed by atoms with E-state index in [1.54, 1.807) is 10.9 Å². The van der Waals surface area contributed by atoms with Crippen molar-refractivity contribution in [2.45, 2.75) is 6.04 Å². The molecule has 1 unspecified atom stereocenters. The number of hydrazine groups is 1. The van der Waals surface area contributed by atoms with E-state index in [0.717, 1.165) is 20.2 Å². The van der Waals surface area contributed by atoms with Crippen LogP contribution < -0.4 is 11.3 Å². The lowest BCUT2D eigenvalue weighted by Crippen LogP contribution is -2.30. The SMILES string of the molecule is Cn1ncc(Cl)c1C(NN)c1cc(Br)cc(Br)c1. The largest absolute Gasteiger partial charge is 0.271 e. The predicted octanol–water partition coefficient (Wildman–Crippen LogP) is 3.15. The highest BCUT2D eigenvalue weighted by atomic mass is 79.9. The van der Waals surface area contributed by atoms with Gasteiger partial charge in [-0.2, -0.15) is 5.10 Å². The van der Waals surface area contributed by atoms with Crippen molar-refractivity contribution in [3.8, 4) is 0 Å². The first-order chi connectivity index (χ1) is 8.52. The van der Waals surface area contributed by atoms with Gasteiger partial charge in [-0.3, -0.25) is 10.5 Å². The van der Waals surface area contributed by atoms with Gasteiger partial charge in [0.15, 0.2) is 0 Å². The van der Waals surface area contributed by atoms with Crippen molar-refractivity contribution >= 4 is 43.5 Å². The topological polar surface area (TPSA) is 55.9 Å². The summed E-state index contributed by atoms with van der Waals surface area (Å²) in [7, 11) is 1.83. The molecule has 0 amide bonds. The molecular formula is C11H11Br2ClN4. The average molecular weight is 394 g/mol. The van der Waals surface area contributed by atoms with Gasteiger partial charge in [-0.15, -0.1) is 0 Å². The molecule has 0 aliphatic rings. The van der Waals surface area contributed by atoms with E-state index in [9.17, 15) is 0 Å². The number of nitrogens with two attached hydrogens (primary N) is 1. The molecule has 96 valence electrons. The molecule has 0 aliphatic carbocycles. The van der Waals surface area contributed by atoms with Gasteiger partial charge in [0.2, 0.25) is 0 Å². The minimum absolute atomic E-state index is 0.223. The van der Waals surface area contributed by atoms with E-state index < -0.39 is 0 Å². The summed E-state index contributed by atoms with van der Waals surface area (Å²) in [5.41, 5.74) is 4.58. The Kier molecular flexibility index (Phi) is 4.45. The van der Waals surface area contributed by atoms with Crippen LogP contribution in [0.25, 0.3) is 0 Å². The van der Waals surface area contributed by atoms with Gasteiger partial charge in [0, 0.05) is 16.0 Å². The molecule has 3 N–H and O–H groups in total. The van der Waals surface area contributed by atoms with Crippen LogP contribution in [0.15, 0.2) is 33.3 Å². The first-order valence-electron chi connectivity index (χ1n) is 5.12. The van der Waals surface area contributed by atoms with Gasteiger partial charge in [-0.25, -0.2) is 5.43 Å². The molecule has 1 aromatic carbocycles. The van der Waals surface area contributed by atoms with Crippen LogP contribution in [0.3, 0.4) is 0 Å². The van der Waals surface area contributed by atoms with E-state index in [0.29, 0.717) is 5.02 Å². The number of halogens is 3. The Morgan fingerprint density at radius 1 is 1.33 bits per heavy atom. The molecule has 1 aromatic heterocycles. The number of benzene rings is 1. The standard InChI is InChI=1S/C11H11Br2ClN4/c1-18-11(9(14)5-16-18)10(17-15)6-2-7(12)4-8(13)3-6/h2-5,10,17H,15H2,1H3. The van der Waals surface area contributed by atoms with Gasteiger partial charge < -0.3 is 0 Å². The number of nitrogens with zero attached hydrogens (tertiary/aromatic N) is 2. The zero-order valence-corrected chi connectivity index (χ0v) is 13.4. The van der Waals surface area contributed by atoms with Crippen molar-refractivity contribution in [3.05, 3.63) is 49.6 Å². The van der Waals surface area contributed by atoms with Crippen LogP contribution >= 0.6 is 43.5 Å². The van der Waals surface area contributed by atoms with E-state index in [1.165, 1.54) is 0 Å². The van der Waals surface area contributed by atoms with E-state index in [1.807, 2.05) is 25.2 Å². The van der Waals surface area contributed by atoms with Crippen LogP contribution in [0.1, 0.15) is 17.3 Å². The lowest BCUT2D eigenvalue weighted by molar-refractivity contribution is 0.575. The zero-order chi connectivity index (χ0) is 13.3. The summed E-state index contributed by atoms with van der Waals surface area (Å²) in [5.74, 6) is 5.65. The van der Waals surface area contributed by atoms with Gasteiger partial charge >= 0.3 is 0 Å². The molecule has 0 aliphatic heterocycles. The summed E-state index contributed by atoms with van der Waals surface area (Å²) >= 11 is 13.1. The Morgan fingerprint density at radius 2 is 1.94 bits per heavy atom. The normalized spacial score (nSPS) is 12.7. The van der Waals surface area contributed by atoms with Crippen LogP contribution in [0.5, 0.6) is 0 Å². The van der Waals surface area contributed by atoms with Crippen molar-refractivity contribution < 1.29 is 0 Å². The van der Waals surface area contributed by atoms with E-state index >= 15 is 0 Å². The van der Waals surface area contributed by atoms with Crippen molar-refractivity contribution in [3.63, 3.8) is 0 Å². The molecule has 4 nitrogen and oxygen atoms in total. The van der Waals surface area contributed by atoms with Crippen LogP contribution in [0, 0.1) is 0 Å². The molecule has 1 atom stereocenters. The van der Waals surface area contributed by atoms with E-state index in [-0.39, 0.29) is 6.04 Å². The van der Waals surface area contributed by atoms with E-state index in [4.69, 9.17) is 17.4 Å². The number of hydrogen-bond donors (Lipinski definition) is 2. The first kappa shape index (κ1) is 14.0. The Labute approximate surface area is 127 Å². The third kappa shape index (κ3) is 2.78. The fourth-order valence-corrected chi connectivity index (χ4v) is 3.42. The minimum atomic E-state index is -0.223. The van der Waals surface area contributed by atoms with Crippen LogP contribution in [-0.4, -0.2) is 9.78 Å². The van der Waals surface area contributed by atoms with Gasteiger partial charge in [0.05, 0.1) is 23.0 Å². The molecule has 2 aromatic rings. The summed E-state index contributed by atoms with van der Waals surface area (Å²) in [4.78, 5) is 0. The second-order valence-corrected chi connectivity index (χ2v) is 6.04. The highest BCUT2D eigenvalue weighted by Crippen LogP contribution is 2.30. The summed E-state index contributed by atoms with van der Waals surface area (Å²) in [6.45, 7) is 0. The Balaban J connectivity index is 2.52. The Hall–Kier alpha value is -0.400. The quantitative estimate of drug-likeness (QED) is 0.621. The molecule has 0 bridgehead atoms. The second kappa shape index (κ2) is 5.71. The molecule has 0 saturated carbocycles. The van der Waals surface area contributed by atoms with Gasteiger partial charge in [-0.05, 0) is 23.8 Å². The number of aromatic nitrogens is 2. The highest BCUT2D eigenvalue weighted by molar-refractivity contribution is 9.11. The molecule has 0 saturated heterocycles.